The number of aromatic nitrogens is 5. The Morgan fingerprint density at radius 3 is 2.89 bits per heavy atom. The van der Waals surface area contributed by atoms with Crippen molar-refractivity contribution in [1.29, 1.82) is 0 Å². The molecule has 28 heavy (non-hydrogen) atoms. The number of ether oxygens (including phenoxy) is 1. The minimum Gasteiger partial charge on any atom is -0.381 e. The summed E-state index contributed by atoms with van der Waals surface area (Å²) >= 11 is 0. The highest BCUT2D eigenvalue weighted by Gasteiger charge is 2.22. The van der Waals surface area contributed by atoms with Gasteiger partial charge in [-0.3, -0.25) is 9.48 Å². The molecule has 0 unspecified atom stereocenters. The van der Waals surface area contributed by atoms with Crippen molar-refractivity contribution in [3.8, 4) is 0 Å². The first-order chi connectivity index (χ1) is 13.4. The van der Waals surface area contributed by atoms with Crippen molar-refractivity contribution in [2.45, 2.75) is 45.6 Å². The van der Waals surface area contributed by atoms with E-state index in [4.69, 9.17) is 4.74 Å². The van der Waals surface area contributed by atoms with E-state index in [0.717, 1.165) is 41.9 Å². The molecule has 8 nitrogen and oxygen atoms in total. The van der Waals surface area contributed by atoms with Crippen molar-refractivity contribution in [2.24, 2.45) is 7.05 Å². The molecule has 1 amide bonds. The molecule has 0 aliphatic carbocycles. The standard InChI is InChI=1S/C20H26N6O2/c1-12(2)26-19-16(10-21-26)15(8-13(3)22-19)20(27)23-18-9-17(24-25(18)4)14-6-5-7-28-11-14/h8-10,12,14H,5-7,11H2,1-4H3,(H,23,27)/t14-/m0/s1. The molecule has 8 heteroatoms. The molecule has 4 heterocycles. The molecule has 1 aliphatic rings. The van der Waals surface area contributed by atoms with Crippen LogP contribution in [0.2, 0.25) is 0 Å². The lowest BCUT2D eigenvalue weighted by Gasteiger charge is -2.19. The number of carbonyl (C=O) groups is 1. The maximum Gasteiger partial charge on any atom is 0.257 e. The van der Waals surface area contributed by atoms with E-state index in [1.807, 2.05) is 38.6 Å². The van der Waals surface area contributed by atoms with Gasteiger partial charge < -0.3 is 10.1 Å². The van der Waals surface area contributed by atoms with Crippen LogP contribution < -0.4 is 5.32 Å². The lowest BCUT2D eigenvalue weighted by Crippen LogP contribution is -2.16. The summed E-state index contributed by atoms with van der Waals surface area (Å²) in [6.45, 7) is 7.47. The predicted octanol–water partition coefficient (Wildman–Crippen LogP) is 3.20. The number of fused-ring (bicyclic) bond motifs is 1. The number of nitrogens with one attached hydrogen (secondary N) is 1. The number of anilines is 1. The predicted molar refractivity (Wildman–Crippen MR) is 107 cm³/mol. The molecular formula is C20H26N6O2. The summed E-state index contributed by atoms with van der Waals surface area (Å²) in [5.74, 6) is 0.766. The second-order valence-corrected chi connectivity index (χ2v) is 7.68. The Labute approximate surface area is 163 Å². The third-order valence-electron chi connectivity index (χ3n) is 5.15. The van der Waals surface area contributed by atoms with Crippen LogP contribution in [0.3, 0.4) is 0 Å². The monoisotopic (exact) mass is 382 g/mol. The Hall–Kier alpha value is -2.74. The molecular weight excluding hydrogens is 356 g/mol. The quantitative estimate of drug-likeness (QED) is 0.749. The van der Waals surface area contributed by atoms with E-state index in [1.165, 1.54) is 0 Å². The van der Waals surface area contributed by atoms with Crippen molar-refractivity contribution in [3.05, 3.63) is 35.3 Å². The molecule has 1 aliphatic heterocycles. The van der Waals surface area contributed by atoms with Gasteiger partial charge >= 0.3 is 0 Å². The summed E-state index contributed by atoms with van der Waals surface area (Å²) in [7, 11) is 1.84. The van der Waals surface area contributed by atoms with Crippen molar-refractivity contribution >= 4 is 22.8 Å². The number of aryl methyl sites for hydroxylation is 2. The third kappa shape index (κ3) is 3.40. The fraction of sp³-hybridized carbons (Fsp3) is 0.500. The van der Waals surface area contributed by atoms with Crippen LogP contribution in [0.15, 0.2) is 18.3 Å². The molecule has 0 spiro atoms. The number of carbonyl (C=O) groups excluding carboxylic acids is 1. The summed E-state index contributed by atoms with van der Waals surface area (Å²) in [4.78, 5) is 17.6. The normalized spacial score (nSPS) is 17.4. The van der Waals surface area contributed by atoms with Crippen LogP contribution in [0.4, 0.5) is 5.82 Å². The van der Waals surface area contributed by atoms with Gasteiger partial charge in [0.2, 0.25) is 0 Å². The third-order valence-corrected chi connectivity index (χ3v) is 5.15. The molecule has 1 N–H and O–H groups in total. The van der Waals surface area contributed by atoms with Crippen LogP contribution in [0, 0.1) is 6.92 Å². The van der Waals surface area contributed by atoms with Gasteiger partial charge in [-0.15, -0.1) is 0 Å². The zero-order chi connectivity index (χ0) is 19.8. The number of pyridine rings is 1. The summed E-state index contributed by atoms with van der Waals surface area (Å²) in [6, 6.07) is 3.91. The molecule has 1 fully saturated rings. The highest BCUT2D eigenvalue weighted by atomic mass is 16.5. The number of hydrogen-bond donors (Lipinski definition) is 1. The van der Waals surface area contributed by atoms with E-state index in [9.17, 15) is 4.79 Å². The van der Waals surface area contributed by atoms with Gasteiger partial charge in [0.05, 0.1) is 29.4 Å². The molecule has 3 aromatic rings. The fourth-order valence-electron chi connectivity index (χ4n) is 3.67. The average Bonchev–Trinajstić information content (AvgIpc) is 3.25. The minimum atomic E-state index is -0.187. The van der Waals surface area contributed by atoms with Crippen LogP contribution in [0.1, 0.15) is 60.4 Å². The number of amides is 1. The Morgan fingerprint density at radius 2 is 2.18 bits per heavy atom. The van der Waals surface area contributed by atoms with Crippen molar-refractivity contribution < 1.29 is 9.53 Å². The summed E-state index contributed by atoms with van der Waals surface area (Å²) in [6.07, 6.45) is 3.81. The molecule has 4 rings (SSSR count). The Balaban J connectivity index is 1.63. The topological polar surface area (TPSA) is 86.9 Å². The summed E-state index contributed by atoms with van der Waals surface area (Å²) in [5.41, 5.74) is 3.04. The number of rotatable bonds is 4. The molecule has 0 saturated carbocycles. The number of nitrogens with zero attached hydrogens (tertiary/aromatic N) is 5. The van der Waals surface area contributed by atoms with E-state index < -0.39 is 0 Å². The van der Waals surface area contributed by atoms with Gasteiger partial charge in [-0.05, 0) is 39.7 Å². The Morgan fingerprint density at radius 1 is 1.36 bits per heavy atom. The molecule has 0 bridgehead atoms. The first kappa shape index (κ1) is 18.6. The Kier molecular flexibility index (Phi) is 4.89. The first-order valence-corrected chi connectivity index (χ1v) is 9.72. The highest BCUT2D eigenvalue weighted by molar-refractivity contribution is 6.11. The van der Waals surface area contributed by atoms with Crippen LogP contribution in [0.25, 0.3) is 11.0 Å². The van der Waals surface area contributed by atoms with Crippen molar-refractivity contribution in [1.82, 2.24) is 24.5 Å². The molecule has 1 saturated heterocycles. The van der Waals surface area contributed by atoms with Crippen LogP contribution in [-0.4, -0.2) is 43.7 Å². The van der Waals surface area contributed by atoms with E-state index in [0.29, 0.717) is 18.0 Å². The number of hydrogen-bond acceptors (Lipinski definition) is 5. The van der Waals surface area contributed by atoms with Crippen LogP contribution in [-0.2, 0) is 11.8 Å². The van der Waals surface area contributed by atoms with Gasteiger partial charge in [-0.25, -0.2) is 9.67 Å². The van der Waals surface area contributed by atoms with Crippen molar-refractivity contribution in [3.63, 3.8) is 0 Å². The van der Waals surface area contributed by atoms with Gasteiger partial charge in [0.15, 0.2) is 5.65 Å². The maximum absolute atomic E-state index is 13.1. The van der Waals surface area contributed by atoms with E-state index >= 15 is 0 Å². The second kappa shape index (κ2) is 7.35. The van der Waals surface area contributed by atoms with Gasteiger partial charge in [0.1, 0.15) is 5.82 Å². The van der Waals surface area contributed by atoms with Gasteiger partial charge in [0.25, 0.3) is 5.91 Å². The zero-order valence-electron chi connectivity index (χ0n) is 16.8. The highest BCUT2D eigenvalue weighted by Crippen LogP contribution is 2.27. The molecule has 0 aromatic carbocycles. The van der Waals surface area contributed by atoms with Gasteiger partial charge in [0, 0.05) is 37.4 Å². The summed E-state index contributed by atoms with van der Waals surface area (Å²) < 4.78 is 9.12. The summed E-state index contributed by atoms with van der Waals surface area (Å²) in [5, 5.41) is 12.7. The molecule has 148 valence electrons. The molecule has 0 radical (unpaired) electrons. The van der Waals surface area contributed by atoms with Crippen LogP contribution in [0.5, 0.6) is 0 Å². The lowest BCUT2D eigenvalue weighted by atomic mass is 9.99. The van der Waals surface area contributed by atoms with Crippen LogP contribution >= 0.6 is 0 Å². The minimum absolute atomic E-state index is 0.167. The van der Waals surface area contributed by atoms with Gasteiger partial charge in [-0.1, -0.05) is 0 Å². The SMILES string of the molecule is Cc1cc(C(=O)Nc2cc([C@H]3CCCOC3)nn2C)c2cnn(C(C)C)c2n1. The Bertz CT molecular complexity index is 1010. The average molecular weight is 382 g/mol. The van der Waals surface area contributed by atoms with E-state index in [-0.39, 0.29) is 17.9 Å². The van der Waals surface area contributed by atoms with Gasteiger partial charge in [-0.2, -0.15) is 10.2 Å². The molecule has 3 aromatic heterocycles. The maximum atomic E-state index is 13.1. The van der Waals surface area contributed by atoms with Crippen molar-refractivity contribution in [2.75, 3.05) is 18.5 Å². The lowest BCUT2D eigenvalue weighted by molar-refractivity contribution is 0.0791. The molecule has 1 atom stereocenters. The fourth-order valence-corrected chi connectivity index (χ4v) is 3.67. The zero-order valence-corrected chi connectivity index (χ0v) is 16.8. The second-order valence-electron chi connectivity index (χ2n) is 7.68. The largest absolute Gasteiger partial charge is 0.381 e. The van der Waals surface area contributed by atoms with E-state index in [1.54, 1.807) is 16.9 Å². The first-order valence-electron chi connectivity index (χ1n) is 9.72. The van der Waals surface area contributed by atoms with E-state index in [2.05, 4.69) is 20.5 Å². The smallest absolute Gasteiger partial charge is 0.257 e.